The lowest BCUT2D eigenvalue weighted by Gasteiger charge is -2.45. The van der Waals surface area contributed by atoms with Gasteiger partial charge in [0, 0.05) is 87.8 Å². The molecule has 4 amide bonds. The fourth-order valence-corrected chi connectivity index (χ4v) is 16.5. The van der Waals surface area contributed by atoms with Crippen molar-refractivity contribution in [3.05, 3.63) is 71.6 Å². The molecule has 808 valence electrons. The molecule has 3 aromatic heterocycles. The first kappa shape index (κ1) is 116. The molecule has 0 spiro atoms. The quantitative estimate of drug-likeness (QED) is 0.0262. The van der Waals surface area contributed by atoms with E-state index in [2.05, 4.69) is 52.2 Å². The molecule has 4 aromatic rings. The molecule has 6 saturated heterocycles. The summed E-state index contributed by atoms with van der Waals surface area (Å²) in [4.78, 5) is 124. The SMILES string of the molecule is CC(=O)NC1C2OCC(COCCOCCOCCOCCn3cc(COCC(COCc4cn(CCOCCOCCOCCOCC56COC(CC(OC(C)=O)C5OC(C)=O)O6)nn4)(COCc4cn(CCOCCOCCOCCOCC56COC(O5)C(NC(C)=O)C(OC(C)=O)C6OC(C)=O)nn4)NC(=O)CCCCCNC(=O)CCCCCOCc4ccccc4)nn3)(O2)C(OC(C)=O)C1OC(C)=O. The molecule has 10 rings (SSSR count). The van der Waals surface area contributed by atoms with Crippen molar-refractivity contribution >= 4 is 59.4 Å². The highest BCUT2D eigenvalue weighted by molar-refractivity contribution is 5.77. The second kappa shape index (κ2) is 63.2. The van der Waals surface area contributed by atoms with E-state index in [0.29, 0.717) is 95.4 Å². The smallest absolute Gasteiger partial charge is 0.303 e. The van der Waals surface area contributed by atoms with E-state index in [1.165, 1.54) is 55.4 Å². The summed E-state index contributed by atoms with van der Waals surface area (Å²) < 4.78 is 169. The van der Waals surface area contributed by atoms with E-state index >= 15 is 0 Å². The fraction of sp³-hybridized carbons (Fsp3) is 0.763. The Bertz CT molecular complexity index is 4320. The van der Waals surface area contributed by atoms with Crippen molar-refractivity contribution in [2.75, 3.05) is 211 Å². The Balaban J connectivity index is 0.670. The monoisotopic (exact) mass is 2050 g/mol. The lowest BCUT2D eigenvalue weighted by molar-refractivity contribution is -0.251. The standard InChI is InChI=1S/C93H143N13O38/c1-65(107)95-81-83(137-68(4)110)86(140-71(7)113)92(63-134-88(81)143-92)60-128-46-43-124-40-37-121-34-31-118-28-24-105-50-75(99-102-105)54-131-57-90(97-79(116)21-14-10-16-22-94-78(115)20-15-11-17-26-126-52-73-18-12-9-13-19-73,56-130-53-74-49-104(101-98-74)23-27-117-30-33-120-36-39-123-42-45-127-59-91-62-133-80(142-91)48-77(136-67(3)109)85(91)139-70(6)112)58-132-55-76-51-106(103-100-76)25-29-119-32-35-122-38-41-125-44-47-129-61-93-64-135-89(144-93)82(96-66(2)108)84(138-69(5)111)87(93)141-72(8)114/h9,12-13,18-19,49-51,77,80-89H,10-11,14-17,20-48,52-64H2,1-8H3,(H,94,115)(H,95,107)(H,96,108)(H,97,116). The van der Waals surface area contributed by atoms with E-state index in [1.807, 2.05) is 30.3 Å². The number of nitrogens with one attached hydrogen (secondary N) is 4. The Morgan fingerprint density at radius 3 is 1.12 bits per heavy atom. The number of rotatable bonds is 77. The summed E-state index contributed by atoms with van der Waals surface area (Å²) in [7, 11) is 0. The van der Waals surface area contributed by atoms with E-state index in [0.717, 1.165) is 24.8 Å². The van der Waals surface area contributed by atoms with Crippen molar-refractivity contribution in [3.8, 4) is 0 Å². The first-order chi connectivity index (χ1) is 69.7. The van der Waals surface area contributed by atoms with Gasteiger partial charge in [-0.1, -0.05) is 58.8 Å². The van der Waals surface area contributed by atoms with E-state index in [4.69, 9.17) is 133 Å². The topological polar surface area (TPSA) is 569 Å². The van der Waals surface area contributed by atoms with Gasteiger partial charge in [-0.2, -0.15) is 0 Å². The molecular weight excluding hydrogens is 1910 g/mol. The second-order valence-electron chi connectivity index (χ2n) is 35.1. The molecule has 0 saturated carbocycles. The summed E-state index contributed by atoms with van der Waals surface area (Å²) in [5, 5.41) is 37.5. The number of esters is 6. The van der Waals surface area contributed by atoms with Crippen LogP contribution in [0.1, 0.15) is 136 Å². The number of hydrogen-bond acceptors (Lipinski definition) is 44. The summed E-state index contributed by atoms with van der Waals surface area (Å²) in [6, 6.07) is 8.08. The Hall–Kier alpha value is -9.54. The van der Waals surface area contributed by atoms with Crippen LogP contribution in [0.4, 0.5) is 0 Å². The van der Waals surface area contributed by atoms with Gasteiger partial charge in [0.1, 0.15) is 40.8 Å². The van der Waals surface area contributed by atoms with E-state index < -0.39 is 138 Å². The van der Waals surface area contributed by atoms with Crippen molar-refractivity contribution in [1.82, 2.24) is 66.2 Å². The molecule has 51 heteroatoms. The number of ether oxygens (including phenoxy) is 28. The largest absolute Gasteiger partial charge is 0.458 e. The van der Waals surface area contributed by atoms with Gasteiger partial charge in [-0.25, -0.2) is 14.0 Å². The first-order valence-electron chi connectivity index (χ1n) is 48.7. The zero-order valence-corrected chi connectivity index (χ0v) is 83.4. The van der Waals surface area contributed by atoms with Gasteiger partial charge in [0.05, 0.1) is 263 Å². The molecule has 0 radical (unpaired) electrons. The van der Waals surface area contributed by atoms with Crippen LogP contribution in [0.3, 0.4) is 0 Å². The lowest BCUT2D eigenvalue weighted by Crippen LogP contribution is -2.68. The van der Waals surface area contributed by atoms with Crippen LogP contribution in [-0.2, 0) is 227 Å². The zero-order chi connectivity index (χ0) is 103. The number of nitrogens with zero attached hydrogens (tertiary/aromatic N) is 9. The number of aromatic nitrogens is 9. The normalized spacial score (nSPS) is 23.3. The van der Waals surface area contributed by atoms with Gasteiger partial charge in [0.15, 0.2) is 66.2 Å². The Labute approximate surface area is 835 Å². The molecule has 6 aliphatic rings. The fourth-order valence-electron chi connectivity index (χ4n) is 16.5. The minimum atomic E-state index is -1.34. The number of benzene rings is 1. The molecule has 6 bridgehead atoms. The molecule has 6 aliphatic heterocycles. The number of unbranched alkanes of at least 4 members (excludes halogenated alkanes) is 4. The predicted octanol–water partition coefficient (Wildman–Crippen LogP) is 0.285. The van der Waals surface area contributed by atoms with Crippen LogP contribution < -0.4 is 21.3 Å². The third kappa shape index (κ3) is 40.9. The van der Waals surface area contributed by atoms with Gasteiger partial charge >= 0.3 is 35.8 Å². The summed E-state index contributed by atoms with van der Waals surface area (Å²) >= 11 is 0. The van der Waals surface area contributed by atoms with Crippen LogP contribution in [0, 0.1) is 0 Å². The highest BCUT2D eigenvalue weighted by Crippen LogP contribution is 2.44. The molecule has 14 atom stereocenters. The number of fused-ring (bicyclic) bond motifs is 6. The molecule has 51 nitrogen and oxygen atoms in total. The third-order valence-corrected chi connectivity index (χ3v) is 22.9. The van der Waals surface area contributed by atoms with Crippen LogP contribution in [-0.4, -0.2) is 406 Å². The summed E-state index contributed by atoms with van der Waals surface area (Å²) in [5.41, 5.74) is -2.60. The van der Waals surface area contributed by atoms with E-state index in [-0.39, 0.29) is 229 Å². The maximum atomic E-state index is 14.4. The van der Waals surface area contributed by atoms with Crippen molar-refractivity contribution in [2.45, 2.75) is 249 Å². The van der Waals surface area contributed by atoms with Crippen LogP contribution in [0.15, 0.2) is 48.9 Å². The zero-order valence-electron chi connectivity index (χ0n) is 83.4. The Kier molecular flexibility index (Phi) is 51.1. The summed E-state index contributed by atoms with van der Waals surface area (Å²) in [5.74, 6) is -4.90. The average molecular weight is 2050 g/mol. The molecule has 1 aromatic carbocycles. The van der Waals surface area contributed by atoms with E-state index in [9.17, 15) is 47.9 Å². The number of carbonyl (C=O) groups is 10. The summed E-state index contributed by atoms with van der Waals surface area (Å²) in [6.45, 7) is 16.9. The van der Waals surface area contributed by atoms with Crippen molar-refractivity contribution in [1.29, 1.82) is 0 Å². The van der Waals surface area contributed by atoms with E-state index in [1.54, 1.807) is 32.6 Å². The minimum Gasteiger partial charge on any atom is -0.458 e. The van der Waals surface area contributed by atoms with Gasteiger partial charge in [-0.15, -0.1) is 15.3 Å². The van der Waals surface area contributed by atoms with Crippen LogP contribution in [0.5, 0.6) is 0 Å². The highest BCUT2D eigenvalue weighted by Gasteiger charge is 2.66. The van der Waals surface area contributed by atoms with Crippen molar-refractivity contribution in [2.24, 2.45) is 0 Å². The lowest BCUT2D eigenvalue weighted by atomic mass is 9.87. The molecule has 6 fully saturated rings. The molecular formula is C93H143N13O38. The maximum Gasteiger partial charge on any atom is 0.303 e. The average Bonchev–Trinajstić information content (AvgIpc) is 1.59. The van der Waals surface area contributed by atoms with Crippen molar-refractivity contribution < 1.29 is 181 Å². The van der Waals surface area contributed by atoms with Gasteiger partial charge in [-0.05, 0) is 31.2 Å². The number of carbonyl (C=O) groups excluding carboxylic acids is 10. The second-order valence-corrected chi connectivity index (χ2v) is 35.1. The predicted molar refractivity (Wildman–Crippen MR) is 490 cm³/mol. The minimum absolute atomic E-state index is 0.0107. The Morgan fingerprint density at radius 1 is 0.368 bits per heavy atom. The molecule has 9 heterocycles. The van der Waals surface area contributed by atoms with Gasteiger partial charge in [-0.3, -0.25) is 47.9 Å². The molecule has 0 aliphatic carbocycles. The number of amides is 4. The van der Waals surface area contributed by atoms with Gasteiger partial charge < -0.3 is 154 Å². The van der Waals surface area contributed by atoms with Crippen LogP contribution in [0.2, 0.25) is 0 Å². The first-order valence-corrected chi connectivity index (χ1v) is 48.7. The van der Waals surface area contributed by atoms with Gasteiger partial charge in [0.2, 0.25) is 23.6 Å². The molecule has 4 N–H and O–H groups in total. The highest BCUT2D eigenvalue weighted by atomic mass is 16.8. The Morgan fingerprint density at radius 2 is 0.729 bits per heavy atom. The third-order valence-electron chi connectivity index (χ3n) is 22.9. The molecule has 144 heavy (non-hydrogen) atoms. The maximum absolute atomic E-state index is 14.4. The summed E-state index contributed by atoms with van der Waals surface area (Å²) in [6.07, 6.45) is 1.33. The number of hydrogen-bond donors (Lipinski definition) is 4. The molecule has 14 unspecified atom stereocenters. The van der Waals surface area contributed by atoms with Gasteiger partial charge in [0.25, 0.3) is 0 Å². The van der Waals surface area contributed by atoms with Crippen molar-refractivity contribution in [3.63, 3.8) is 0 Å². The van der Waals surface area contributed by atoms with Crippen LogP contribution >= 0.6 is 0 Å². The van der Waals surface area contributed by atoms with Crippen LogP contribution in [0.25, 0.3) is 0 Å².